The lowest BCUT2D eigenvalue weighted by molar-refractivity contribution is -0.119. The van der Waals surface area contributed by atoms with Gasteiger partial charge >= 0.3 is 0 Å². The number of hydrogen-bond acceptors (Lipinski definition) is 5. The summed E-state index contributed by atoms with van der Waals surface area (Å²) in [6, 6.07) is 12.6. The maximum Gasteiger partial charge on any atom is 0.250 e. The first-order valence-electron chi connectivity index (χ1n) is 7.69. The van der Waals surface area contributed by atoms with Crippen LogP contribution in [0.25, 0.3) is 0 Å². The molecule has 1 aromatic carbocycles. The molecular formula is C18H19N3O3S. The van der Waals surface area contributed by atoms with E-state index >= 15 is 0 Å². The minimum Gasteiger partial charge on any atom is -0.366 e. The lowest BCUT2D eigenvalue weighted by Gasteiger charge is -2.16. The molecule has 1 unspecified atom stereocenters. The summed E-state index contributed by atoms with van der Waals surface area (Å²) in [6.07, 6.45) is 1.83. The van der Waals surface area contributed by atoms with Crippen LogP contribution < -0.4 is 11.1 Å². The highest BCUT2D eigenvalue weighted by Crippen LogP contribution is 2.17. The standard InChI is InChI=1S/C18H19N3O3S/c1-12(22)25-11-15(9-13-5-3-2-4-6-13)18(24)21-16-8-7-14(10-20-16)17(19)23/h2-8,10,15H,9,11H2,1H3,(H2,19,23)(H,20,21,24). The number of amides is 2. The van der Waals surface area contributed by atoms with E-state index in [2.05, 4.69) is 10.3 Å². The summed E-state index contributed by atoms with van der Waals surface area (Å²) in [5, 5.41) is 2.69. The smallest absolute Gasteiger partial charge is 0.250 e. The third-order valence-electron chi connectivity index (χ3n) is 3.48. The van der Waals surface area contributed by atoms with Gasteiger partial charge in [0.05, 0.1) is 11.5 Å². The molecule has 0 aliphatic heterocycles. The summed E-state index contributed by atoms with van der Waals surface area (Å²) in [5.74, 6) is -0.466. The topological polar surface area (TPSA) is 102 Å². The van der Waals surface area contributed by atoms with Gasteiger partial charge in [0.1, 0.15) is 5.82 Å². The van der Waals surface area contributed by atoms with Crippen molar-refractivity contribution in [3.05, 3.63) is 59.8 Å². The predicted molar refractivity (Wildman–Crippen MR) is 98.2 cm³/mol. The molecule has 7 heteroatoms. The van der Waals surface area contributed by atoms with Gasteiger partial charge in [0.15, 0.2) is 5.12 Å². The molecular weight excluding hydrogens is 338 g/mol. The number of nitrogens with one attached hydrogen (secondary N) is 1. The predicted octanol–water partition coefficient (Wildman–Crippen LogP) is 2.26. The number of benzene rings is 1. The van der Waals surface area contributed by atoms with Gasteiger partial charge in [0, 0.05) is 18.9 Å². The fourth-order valence-electron chi connectivity index (χ4n) is 2.19. The Hall–Kier alpha value is -2.67. The highest BCUT2D eigenvalue weighted by Gasteiger charge is 2.20. The van der Waals surface area contributed by atoms with E-state index in [0.29, 0.717) is 18.0 Å². The average molecular weight is 357 g/mol. The van der Waals surface area contributed by atoms with Crippen LogP contribution in [-0.2, 0) is 16.0 Å². The van der Waals surface area contributed by atoms with Crippen LogP contribution in [0, 0.1) is 5.92 Å². The van der Waals surface area contributed by atoms with Gasteiger partial charge in [-0.2, -0.15) is 0 Å². The first-order valence-corrected chi connectivity index (χ1v) is 8.68. The molecule has 130 valence electrons. The van der Waals surface area contributed by atoms with Crippen LogP contribution in [0.1, 0.15) is 22.8 Å². The van der Waals surface area contributed by atoms with Gasteiger partial charge in [0.2, 0.25) is 11.8 Å². The zero-order chi connectivity index (χ0) is 18.2. The van der Waals surface area contributed by atoms with Crippen LogP contribution in [0.3, 0.4) is 0 Å². The van der Waals surface area contributed by atoms with E-state index in [-0.39, 0.29) is 22.5 Å². The van der Waals surface area contributed by atoms with Crippen LogP contribution >= 0.6 is 11.8 Å². The maximum absolute atomic E-state index is 12.6. The summed E-state index contributed by atoms with van der Waals surface area (Å²) >= 11 is 1.12. The molecule has 25 heavy (non-hydrogen) atoms. The molecule has 3 N–H and O–H groups in total. The number of thioether (sulfide) groups is 1. The van der Waals surface area contributed by atoms with Crippen molar-refractivity contribution in [1.29, 1.82) is 0 Å². The summed E-state index contributed by atoms with van der Waals surface area (Å²) in [6.45, 7) is 1.48. The number of carbonyl (C=O) groups excluding carboxylic acids is 3. The number of anilines is 1. The second-order valence-corrected chi connectivity index (χ2v) is 6.67. The fourth-order valence-corrected chi connectivity index (χ4v) is 2.89. The third kappa shape index (κ3) is 6.04. The van der Waals surface area contributed by atoms with E-state index in [1.807, 2.05) is 30.3 Å². The SMILES string of the molecule is CC(=O)SCC(Cc1ccccc1)C(=O)Nc1ccc(C(N)=O)cn1. The first-order chi connectivity index (χ1) is 12.0. The van der Waals surface area contributed by atoms with Crippen molar-refractivity contribution in [1.82, 2.24) is 4.98 Å². The Morgan fingerprint density at radius 2 is 1.88 bits per heavy atom. The molecule has 0 aliphatic carbocycles. The molecule has 6 nitrogen and oxygen atoms in total. The van der Waals surface area contributed by atoms with Crippen molar-refractivity contribution in [3.63, 3.8) is 0 Å². The van der Waals surface area contributed by atoms with Gasteiger partial charge in [0.25, 0.3) is 0 Å². The van der Waals surface area contributed by atoms with E-state index in [1.54, 1.807) is 0 Å². The average Bonchev–Trinajstić information content (AvgIpc) is 2.59. The van der Waals surface area contributed by atoms with Gasteiger partial charge in [-0.1, -0.05) is 42.1 Å². The molecule has 2 aromatic rings. The number of pyridine rings is 1. The first kappa shape index (κ1) is 18.7. The van der Waals surface area contributed by atoms with Crippen molar-refractivity contribution in [2.24, 2.45) is 11.7 Å². The molecule has 0 saturated heterocycles. The number of nitrogens with two attached hydrogens (primary N) is 1. The molecule has 0 radical (unpaired) electrons. The molecule has 0 fully saturated rings. The highest BCUT2D eigenvalue weighted by atomic mass is 32.2. The van der Waals surface area contributed by atoms with Gasteiger partial charge in [-0.25, -0.2) is 4.98 Å². The van der Waals surface area contributed by atoms with Crippen LogP contribution in [-0.4, -0.2) is 27.7 Å². The summed E-state index contributed by atoms with van der Waals surface area (Å²) < 4.78 is 0. The lowest BCUT2D eigenvalue weighted by atomic mass is 10.0. The van der Waals surface area contributed by atoms with Crippen molar-refractivity contribution in [2.45, 2.75) is 13.3 Å². The molecule has 1 aromatic heterocycles. The summed E-state index contributed by atoms with van der Waals surface area (Å²) in [7, 11) is 0. The Labute approximate surface area is 150 Å². The van der Waals surface area contributed by atoms with E-state index < -0.39 is 5.91 Å². The van der Waals surface area contributed by atoms with Crippen molar-refractivity contribution < 1.29 is 14.4 Å². The Kier molecular flexibility index (Phi) is 6.71. The molecule has 2 rings (SSSR count). The minimum atomic E-state index is -0.579. The van der Waals surface area contributed by atoms with E-state index in [4.69, 9.17) is 5.73 Å². The van der Waals surface area contributed by atoms with Crippen LogP contribution in [0.4, 0.5) is 5.82 Å². The second-order valence-electron chi connectivity index (χ2n) is 5.47. The van der Waals surface area contributed by atoms with E-state index in [0.717, 1.165) is 17.3 Å². The van der Waals surface area contributed by atoms with Crippen molar-refractivity contribution >= 4 is 34.5 Å². The van der Waals surface area contributed by atoms with Crippen LogP contribution in [0.15, 0.2) is 48.7 Å². The normalized spacial score (nSPS) is 11.6. The minimum absolute atomic E-state index is 0.0326. The number of rotatable bonds is 7. The largest absolute Gasteiger partial charge is 0.366 e. The molecule has 2 amide bonds. The Morgan fingerprint density at radius 3 is 2.44 bits per heavy atom. The number of primary amides is 1. The van der Waals surface area contributed by atoms with E-state index in [1.165, 1.54) is 25.3 Å². The lowest BCUT2D eigenvalue weighted by Crippen LogP contribution is -2.27. The number of nitrogens with zero attached hydrogens (tertiary/aromatic N) is 1. The number of aromatic nitrogens is 1. The zero-order valence-electron chi connectivity index (χ0n) is 13.8. The molecule has 0 bridgehead atoms. The molecule has 1 atom stereocenters. The monoisotopic (exact) mass is 357 g/mol. The Bertz CT molecular complexity index is 748. The quantitative estimate of drug-likeness (QED) is 0.791. The Morgan fingerprint density at radius 1 is 1.16 bits per heavy atom. The number of carbonyl (C=O) groups is 3. The molecule has 0 aliphatic rings. The molecule has 0 spiro atoms. The van der Waals surface area contributed by atoms with Crippen LogP contribution in [0.2, 0.25) is 0 Å². The van der Waals surface area contributed by atoms with Gasteiger partial charge < -0.3 is 11.1 Å². The van der Waals surface area contributed by atoms with Crippen molar-refractivity contribution in [3.8, 4) is 0 Å². The van der Waals surface area contributed by atoms with Gasteiger partial charge in [-0.05, 0) is 24.1 Å². The molecule has 1 heterocycles. The third-order valence-corrected chi connectivity index (χ3v) is 4.46. The van der Waals surface area contributed by atoms with Gasteiger partial charge in [-0.3, -0.25) is 14.4 Å². The second kappa shape index (κ2) is 8.98. The fraction of sp³-hybridized carbons (Fsp3) is 0.222. The highest BCUT2D eigenvalue weighted by molar-refractivity contribution is 8.13. The maximum atomic E-state index is 12.6. The Balaban J connectivity index is 2.07. The van der Waals surface area contributed by atoms with Gasteiger partial charge in [-0.15, -0.1) is 0 Å². The zero-order valence-corrected chi connectivity index (χ0v) is 14.6. The van der Waals surface area contributed by atoms with Crippen LogP contribution in [0.5, 0.6) is 0 Å². The number of hydrogen-bond donors (Lipinski definition) is 2. The summed E-state index contributed by atoms with van der Waals surface area (Å²) in [4.78, 5) is 38.9. The molecule has 0 saturated carbocycles. The summed E-state index contributed by atoms with van der Waals surface area (Å²) in [5.41, 5.74) is 6.45. The van der Waals surface area contributed by atoms with Crippen molar-refractivity contribution in [2.75, 3.05) is 11.1 Å². The van der Waals surface area contributed by atoms with E-state index in [9.17, 15) is 14.4 Å².